The van der Waals surface area contributed by atoms with Gasteiger partial charge in [-0.3, -0.25) is 0 Å². The number of nitrogens with zero attached hydrogens (tertiary/aromatic N) is 3. The number of hydrogen-bond acceptors (Lipinski definition) is 2. The minimum absolute atomic E-state index is 1.04. The zero-order valence-corrected chi connectivity index (χ0v) is 11.0. The lowest BCUT2D eigenvalue weighted by Gasteiger charge is -1.98. The molecule has 96 valence electrons. The largest absolute Gasteiger partial charge is 0.220 e. The first-order valence-electron chi connectivity index (χ1n) is 6.87. The molecule has 1 aromatic heterocycles. The fraction of sp³-hybridized carbons (Fsp3) is 0.467. The third-order valence-corrected chi connectivity index (χ3v) is 3.10. The van der Waals surface area contributed by atoms with Gasteiger partial charge in [-0.25, -0.2) is 4.68 Å². The molecule has 0 fully saturated rings. The average molecular weight is 243 g/mol. The summed E-state index contributed by atoms with van der Waals surface area (Å²) in [5, 5.41) is 8.39. The van der Waals surface area contributed by atoms with Gasteiger partial charge in [0.05, 0.1) is 17.6 Å². The molecule has 0 saturated heterocycles. The van der Waals surface area contributed by atoms with E-state index in [1.54, 1.807) is 0 Å². The second-order valence-corrected chi connectivity index (χ2v) is 4.65. The molecule has 0 unspecified atom stereocenters. The number of rotatable bonds is 7. The minimum atomic E-state index is 1.04. The fourth-order valence-electron chi connectivity index (χ4n) is 2.03. The molecule has 0 N–H and O–H groups in total. The first-order valence-corrected chi connectivity index (χ1v) is 6.87. The van der Waals surface area contributed by atoms with Gasteiger partial charge in [-0.15, -0.1) is 5.10 Å². The number of aryl methyl sites for hydroxylation is 1. The van der Waals surface area contributed by atoms with Crippen LogP contribution in [-0.2, 0) is 6.42 Å². The van der Waals surface area contributed by atoms with Gasteiger partial charge in [-0.2, -0.15) is 0 Å². The van der Waals surface area contributed by atoms with Gasteiger partial charge in [0.1, 0.15) is 0 Å². The Morgan fingerprint density at radius 3 is 2.56 bits per heavy atom. The zero-order valence-electron chi connectivity index (χ0n) is 11.0. The van der Waals surface area contributed by atoms with Crippen LogP contribution < -0.4 is 0 Å². The molecule has 0 saturated carbocycles. The van der Waals surface area contributed by atoms with Crippen molar-refractivity contribution >= 4 is 0 Å². The number of unbranched alkanes of at least 4 members (excludes halogenated alkanes) is 4. The van der Waals surface area contributed by atoms with Crippen LogP contribution >= 0.6 is 0 Å². The summed E-state index contributed by atoms with van der Waals surface area (Å²) in [6, 6.07) is 10.1. The molecular formula is C15H21N3. The van der Waals surface area contributed by atoms with E-state index in [1.165, 1.54) is 32.1 Å². The molecule has 3 heteroatoms. The van der Waals surface area contributed by atoms with E-state index in [9.17, 15) is 0 Å². The van der Waals surface area contributed by atoms with Crippen molar-refractivity contribution in [3.8, 4) is 5.69 Å². The van der Waals surface area contributed by atoms with E-state index in [1.807, 2.05) is 41.2 Å². The van der Waals surface area contributed by atoms with Gasteiger partial charge in [0.2, 0.25) is 0 Å². The highest BCUT2D eigenvalue weighted by Gasteiger charge is 2.02. The van der Waals surface area contributed by atoms with Gasteiger partial charge in [0.15, 0.2) is 0 Å². The lowest BCUT2D eigenvalue weighted by molar-refractivity contribution is 0.627. The Labute approximate surface area is 109 Å². The van der Waals surface area contributed by atoms with E-state index in [0.29, 0.717) is 0 Å². The van der Waals surface area contributed by atoms with E-state index in [-0.39, 0.29) is 0 Å². The van der Waals surface area contributed by atoms with Gasteiger partial charge in [-0.05, 0) is 25.0 Å². The smallest absolute Gasteiger partial charge is 0.0831 e. The van der Waals surface area contributed by atoms with E-state index >= 15 is 0 Å². The van der Waals surface area contributed by atoms with Crippen LogP contribution in [0, 0.1) is 0 Å². The molecule has 0 amide bonds. The summed E-state index contributed by atoms with van der Waals surface area (Å²) in [6.07, 6.45) is 9.56. The Morgan fingerprint density at radius 1 is 1.00 bits per heavy atom. The maximum Gasteiger partial charge on any atom is 0.0831 e. The molecule has 0 atom stereocenters. The molecule has 0 spiro atoms. The van der Waals surface area contributed by atoms with Crippen LogP contribution in [0.25, 0.3) is 5.69 Å². The Kier molecular flexibility index (Phi) is 4.94. The summed E-state index contributed by atoms with van der Waals surface area (Å²) in [7, 11) is 0. The molecule has 0 aliphatic rings. The molecule has 3 nitrogen and oxygen atoms in total. The highest BCUT2D eigenvalue weighted by molar-refractivity contribution is 5.29. The number of para-hydroxylation sites is 1. The van der Waals surface area contributed by atoms with E-state index in [4.69, 9.17) is 0 Å². The van der Waals surface area contributed by atoms with Crippen LogP contribution in [0.5, 0.6) is 0 Å². The van der Waals surface area contributed by atoms with Crippen LogP contribution in [0.2, 0.25) is 0 Å². The second kappa shape index (κ2) is 6.94. The SMILES string of the molecule is CCCCCCCc1cn(-c2ccccc2)nn1. The van der Waals surface area contributed by atoms with Crippen molar-refractivity contribution in [2.24, 2.45) is 0 Å². The Bertz CT molecular complexity index is 448. The number of benzene rings is 1. The normalized spacial score (nSPS) is 10.7. The van der Waals surface area contributed by atoms with Crippen molar-refractivity contribution in [1.82, 2.24) is 15.0 Å². The minimum Gasteiger partial charge on any atom is -0.220 e. The predicted molar refractivity (Wildman–Crippen MR) is 73.8 cm³/mol. The average Bonchev–Trinajstić information content (AvgIpc) is 2.88. The number of aromatic nitrogens is 3. The van der Waals surface area contributed by atoms with Gasteiger partial charge in [-0.1, -0.05) is 56.0 Å². The van der Waals surface area contributed by atoms with Crippen LogP contribution in [0.3, 0.4) is 0 Å². The third kappa shape index (κ3) is 3.69. The van der Waals surface area contributed by atoms with Crippen molar-refractivity contribution in [3.63, 3.8) is 0 Å². The van der Waals surface area contributed by atoms with E-state index < -0.39 is 0 Å². The van der Waals surface area contributed by atoms with Crippen LogP contribution in [0.4, 0.5) is 0 Å². The predicted octanol–water partition coefficient (Wildman–Crippen LogP) is 3.78. The molecule has 1 heterocycles. The van der Waals surface area contributed by atoms with E-state index in [2.05, 4.69) is 17.2 Å². The van der Waals surface area contributed by atoms with Crippen LogP contribution in [0.1, 0.15) is 44.7 Å². The molecule has 0 aliphatic carbocycles. The quantitative estimate of drug-likeness (QED) is 0.693. The van der Waals surface area contributed by atoms with Crippen molar-refractivity contribution in [1.29, 1.82) is 0 Å². The second-order valence-electron chi connectivity index (χ2n) is 4.65. The molecule has 2 rings (SSSR count). The monoisotopic (exact) mass is 243 g/mol. The summed E-state index contributed by atoms with van der Waals surface area (Å²) in [6.45, 7) is 2.24. The maximum atomic E-state index is 4.22. The first kappa shape index (κ1) is 12.8. The Morgan fingerprint density at radius 2 is 1.78 bits per heavy atom. The maximum absolute atomic E-state index is 4.22. The number of hydrogen-bond donors (Lipinski definition) is 0. The van der Waals surface area contributed by atoms with E-state index in [0.717, 1.165) is 17.8 Å². The third-order valence-electron chi connectivity index (χ3n) is 3.10. The van der Waals surface area contributed by atoms with Gasteiger partial charge < -0.3 is 0 Å². The lowest BCUT2D eigenvalue weighted by Crippen LogP contribution is -1.93. The molecule has 0 aliphatic heterocycles. The van der Waals surface area contributed by atoms with Crippen molar-refractivity contribution in [3.05, 3.63) is 42.2 Å². The van der Waals surface area contributed by atoms with Crippen molar-refractivity contribution in [2.45, 2.75) is 45.4 Å². The highest BCUT2D eigenvalue weighted by Crippen LogP contribution is 2.09. The molecule has 1 aromatic carbocycles. The first-order chi connectivity index (χ1) is 8.90. The summed E-state index contributed by atoms with van der Waals surface area (Å²) < 4.78 is 1.85. The highest BCUT2D eigenvalue weighted by atomic mass is 15.4. The molecule has 0 radical (unpaired) electrons. The van der Waals surface area contributed by atoms with Gasteiger partial charge >= 0.3 is 0 Å². The zero-order chi connectivity index (χ0) is 12.6. The lowest BCUT2D eigenvalue weighted by atomic mass is 10.1. The summed E-state index contributed by atoms with van der Waals surface area (Å²) in [4.78, 5) is 0. The van der Waals surface area contributed by atoms with Crippen LogP contribution in [0.15, 0.2) is 36.5 Å². The fourth-order valence-corrected chi connectivity index (χ4v) is 2.03. The van der Waals surface area contributed by atoms with Gasteiger partial charge in [0.25, 0.3) is 0 Å². The molecular weight excluding hydrogens is 222 g/mol. The molecule has 0 bridgehead atoms. The molecule has 18 heavy (non-hydrogen) atoms. The van der Waals surface area contributed by atoms with Crippen molar-refractivity contribution < 1.29 is 0 Å². The van der Waals surface area contributed by atoms with Crippen molar-refractivity contribution in [2.75, 3.05) is 0 Å². The van der Waals surface area contributed by atoms with Gasteiger partial charge in [0, 0.05) is 0 Å². The Hall–Kier alpha value is -1.64. The Balaban J connectivity index is 1.83. The topological polar surface area (TPSA) is 30.7 Å². The summed E-state index contributed by atoms with van der Waals surface area (Å²) in [5.74, 6) is 0. The van der Waals surface area contributed by atoms with Crippen LogP contribution in [-0.4, -0.2) is 15.0 Å². The summed E-state index contributed by atoms with van der Waals surface area (Å²) >= 11 is 0. The molecule has 2 aromatic rings. The summed E-state index contributed by atoms with van der Waals surface area (Å²) in [5.41, 5.74) is 2.16. The standard InChI is InChI=1S/C15H21N3/c1-2-3-4-5-7-10-14-13-18(17-16-14)15-11-8-6-9-12-15/h6,8-9,11-13H,2-5,7,10H2,1H3.